The van der Waals surface area contributed by atoms with Gasteiger partial charge in [0.1, 0.15) is 5.56 Å². The molecule has 0 aromatic carbocycles. The van der Waals surface area contributed by atoms with Crippen LogP contribution in [0.1, 0.15) is 62.9 Å². The van der Waals surface area contributed by atoms with Gasteiger partial charge in [0.2, 0.25) is 0 Å². The maximum Gasteiger partial charge on any atom is 0.343 e. The molecule has 2 rings (SSSR count). The summed E-state index contributed by atoms with van der Waals surface area (Å²) in [5, 5.41) is 0.168. The summed E-state index contributed by atoms with van der Waals surface area (Å²) in [7, 11) is -0.538. The second-order valence-corrected chi connectivity index (χ2v) is 13.2. The number of esters is 1. The number of ether oxygens (including phenoxy) is 1. The van der Waals surface area contributed by atoms with Crippen molar-refractivity contribution in [2.24, 2.45) is 0 Å². The fourth-order valence-electron chi connectivity index (χ4n) is 3.14. The lowest BCUT2D eigenvalue weighted by atomic mass is 9.92. The molecule has 1 aliphatic carbocycles. The van der Waals surface area contributed by atoms with Gasteiger partial charge < -0.3 is 13.7 Å². The van der Waals surface area contributed by atoms with E-state index < -0.39 is 14.3 Å². The largest absolute Gasteiger partial charge is 0.465 e. The highest BCUT2D eigenvalue weighted by molar-refractivity contribution is 6.74. The van der Waals surface area contributed by atoms with E-state index in [-0.39, 0.29) is 28.3 Å². The van der Waals surface area contributed by atoms with Gasteiger partial charge in [-0.2, -0.15) is 0 Å². The van der Waals surface area contributed by atoms with Crippen molar-refractivity contribution >= 4 is 14.3 Å². The quantitative estimate of drug-likeness (QED) is 0.594. The molecule has 0 spiro atoms. The van der Waals surface area contributed by atoms with Crippen molar-refractivity contribution in [1.82, 2.24) is 4.57 Å². The van der Waals surface area contributed by atoms with E-state index in [2.05, 4.69) is 33.9 Å². The van der Waals surface area contributed by atoms with Gasteiger partial charge in [0.25, 0.3) is 5.56 Å². The maximum absolute atomic E-state index is 12.6. The van der Waals surface area contributed by atoms with E-state index in [4.69, 9.17) is 9.16 Å². The van der Waals surface area contributed by atoms with Crippen molar-refractivity contribution in [2.75, 3.05) is 7.11 Å². The second kappa shape index (κ2) is 7.46. The molecule has 1 fully saturated rings. The SMILES string of the molecule is COC(=O)c1cccn([C@H]2CCCC(O[Si](C)(C)C(C)(C)C)C2)c1=O. The monoisotopic (exact) mass is 365 g/mol. The molecule has 0 bridgehead atoms. The van der Waals surface area contributed by atoms with Crippen LogP contribution in [-0.2, 0) is 9.16 Å². The van der Waals surface area contributed by atoms with Crippen LogP contribution in [0.3, 0.4) is 0 Å². The molecule has 5 nitrogen and oxygen atoms in total. The lowest BCUT2D eigenvalue weighted by molar-refractivity contribution is 0.0597. The topological polar surface area (TPSA) is 57.5 Å². The zero-order valence-electron chi connectivity index (χ0n) is 16.3. The van der Waals surface area contributed by atoms with E-state index >= 15 is 0 Å². The van der Waals surface area contributed by atoms with Crippen LogP contribution >= 0.6 is 0 Å². The Morgan fingerprint density at radius 3 is 2.56 bits per heavy atom. The standard InChI is InChI=1S/C19H31NO4Si/c1-19(2,3)25(5,6)24-15-10-7-9-14(13-15)20-12-8-11-16(17(20)21)18(22)23-4/h8,11-12,14-15H,7,9-10,13H2,1-6H3/t14-,15?/m0/s1. The molecular formula is C19H31NO4Si. The summed E-state index contributed by atoms with van der Waals surface area (Å²) in [6.45, 7) is 11.2. The zero-order chi connectivity index (χ0) is 18.8. The predicted molar refractivity (Wildman–Crippen MR) is 102 cm³/mol. The molecule has 0 radical (unpaired) electrons. The van der Waals surface area contributed by atoms with E-state index in [1.165, 1.54) is 13.2 Å². The van der Waals surface area contributed by atoms with Crippen molar-refractivity contribution < 1.29 is 14.0 Å². The molecule has 1 saturated carbocycles. The van der Waals surface area contributed by atoms with Crippen LogP contribution in [0.25, 0.3) is 0 Å². The molecule has 0 aliphatic heterocycles. The van der Waals surface area contributed by atoms with Crippen LogP contribution in [0.5, 0.6) is 0 Å². The Hall–Kier alpha value is -1.40. The summed E-state index contributed by atoms with van der Waals surface area (Å²) in [6, 6.07) is 3.34. The fraction of sp³-hybridized carbons (Fsp3) is 0.684. The average Bonchev–Trinajstić information content (AvgIpc) is 2.53. The van der Waals surface area contributed by atoms with Crippen molar-refractivity contribution in [1.29, 1.82) is 0 Å². The molecule has 1 unspecified atom stereocenters. The molecule has 0 amide bonds. The molecule has 1 heterocycles. The summed E-state index contributed by atoms with van der Waals surface area (Å²) < 4.78 is 13.0. The molecule has 140 valence electrons. The molecule has 0 N–H and O–H groups in total. The lowest BCUT2D eigenvalue weighted by Crippen LogP contribution is -2.45. The van der Waals surface area contributed by atoms with Gasteiger partial charge >= 0.3 is 5.97 Å². The van der Waals surface area contributed by atoms with Gasteiger partial charge in [0.05, 0.1) is 7.11 Å². The molecule has 0 saturated heterocycles. The first-order valence-electron chi connectivity index (χ1n) is 9.04. The van der Waals surface area contributed by atoms with Gasteiger partial charge in [0.15, 0.2) is 8.32 Å². The summed E-state index contributed by atoms with van der Waals surface area (Å²) in [6.07, 6.45) is 5.76. The minimum Gasteiger partial charge on any atom is -0.465 e. The number of hydrogen-bond donors (Lipinski definition) is 0. The molecule has 2 atom stereocenters. The van der Waals surface area contributed by atoms with Crippen molar-refractivity contribution in [2.45, 2.75) is 76.7 Å². The van der Waals surface area contributed by atoms with Crippen LogP contribution in [0, 0.1) is 0 Å². The Morgan fingerprint density at radius 1 is 1.28 bits per heavy atom. The summed E-state index contributed by atoms with van der Waals surface area (Å²) in [5.74, 6) is -0.579. The molecule has 1 aromatic rings. The summed E-state index contributed by atoms with van der Waals surface area (Å²) >= 11 is 0. The Labute approximate surface area is 151 Å². The Morgan fingerprint density at radius 2 is 1.96 bits per heavy atom. The Balaban J connectivity index is 2.20. The molecule has 25 heavy (non-hydrogen) atoms. The van der Waals surface area contributed by atoms with E-state index in [0.29, 0.717) is 0 Å². The lowest BCUT2D eigenvalue weighted by Gasteiger charge is -2.41. The zero-order valence-corrected chi connectivity index (χ0v) is 17.3. The molecule has 6 heteroatoms. The number of carbonyl (C=O) groups excluding carboxylic acids is 1. The normalized spacial score (nSPS) is 21.8. The van der Waals surface area contributed by atoms with Crippen LogP contribution in [0.4, 0.5) is 0 Å². The van der Waals surface area contributed by atoms with Crippen LogP contribution in [-0.4, -0.2) is 32.1 Å². The highest BCUT2D eigenvalue weighted by atomic mass is 28.4. The summed E-state index contributed by atoms with van der Waals surface area (Å²) in [4.78, 5) is 24.4. The maximum atomic E-state index is 12.6. The van der Waals surface area contributed by atoms with Gasteiger partial charge in [-0.05, 0) is 55.9 Å². The smallest absolute Gasteiger partial charge is 0.343 e. The van der Waals surface area contributed by atoms with E-state index in [1.54, 1.807) is 16.8 Å². The van der Waals surface area contributed by atoms with Crippen molar-refractivity contribution in [3.63, 3.8) is 0 Å². The van der Waals surface area contributed by atoms with Gasteiger partial charge in [0, 0.05) is 18.3 Å². The Kier molecular flexibility index (Phi) is 5.94. The number of methoxy groups -OCH3 is 1. The number of hydrogen-bond acceptors (Lipinski definition) is 4. The first-order chi connectivity index (χ1) is 11.6. The first-order valence-corrected chi connectivity index (χ1v) is 11.9. The van der Waals surface area contributed by atoms with Gasteiger partial charge in [-0.25, -0.2) is 4.79 Å². The number of pyridine rings is 1. The van der Waals surface area contributed by atoms with Crippen molar-refractivity contribution in [3.8, 4) is 0 Å². The van der Waals surface area contributed by atoms with Gasteiger partial charge in [-0.3, -0.25) is 4.79 Å². The molecule has 1 aromatic heterocycles. The third kappa shape index (κ3) is 4.42. The van der Waals surface area contributed by atoms with Crippen LogP contribution < -0.4 is 5.56 Å². The first kappa shape index (κ1) is 19.9. The van der Waals surface area contributed by atoms with Crippen LogP contribution in [0.15, 0.2) is 23.1 Å². The average molecular weight is 366 g/mol. The second-order valence-electron chi connectivity index (χ2n) is 8.45. The van der Waals surface area contributed by atoms with Crippen molar-refractivity contribution in [3.05, 3.63) is 34.2 Å². The van der Waals surface area contributed by atoms with E-state index in [1.807, 2.05) is 0 Å². The fourth-order valence-corrected chi connectivity index (χ4v) is 4.54. The third-order valence-corrected chi connectivity index (χ3v) is 10.2. The Bertz CT molecular complexity index is 675. The minimum absolute atomic E-state index is 0.0700. The number of carbonyl (C=O) groups is 1. The molecular weight excluding hydrogens is 334 g/mol. The third-order valence-electron chi connectivity index (χ3n) is 5.64. The van der Waals surface area contributed by atoms with Gasteiger partial charge in [-0.1, -0.05) is 20.8 Å². The number of nitrogens with zero attached hydrogens (tertiary/aromatic N) is 1. The number of rotatable bonds is 4. The minimum atomic E-state index is -1.83. The van der Waals surface area contributed by atoms with Crippen LogP contribution in [0.2, 0.25) is 18.1 Å². The highest BCUT2D eigenvalue weighted by Gasteiger charge is 2.40. The predicted octanol–water partition coefficient (Wildman–Crippen LogP) is 4.14. The van der Waals surface area contributed by atoms with E-state index in [9.17, 15) is 9.59 Å². The molecule has 1 aliphatic rings. The number of aromatic nitrogens is 1. The van der Waals surface area contributed by atoms with Gasteiger partial charge in [-0.15, -0.1) is 0 Å². The highest BCUT2D eigenvalue weighted by Crippen LogP contribution is 2.40. The summed E-state index contributed by atoms with van der Waals surface area (Å²) in [5.41, 5.74) is -0.176. The van der Waals surface area contributed by atoms with E-state index in [0.717, 1.165) is 25.7 Å².